The van der Waals surface area contributed by atoms with Gasteiger partial charge in [-0.2, -0.15) is 0 Å². The Morgan fingerprint density at radius 2 is 1.09 bits per heavy atom. The van der Waals surface area contributed by atoms with Crippen LogP contribution in [0.4, 0.5) is 9.59 Å². The molecule has 4 aliphatic heterocycles. The van der Waals surface area contributed by atoms with Gasteiger partial charge in [0.25, 0.3) is 0 Å². The summed E-state index contributed by atoms with van der Waals surface area (Å²) in [6.45, 7) is 5.63. The molecule has 4 aromatic rings. The predicted octanol–water partition coefficient (Wildman–Crippen LogP) is 8.35. The minimum Gasteiger partial charge on any atom is -0.453 e. The van der Waals surface area contributed by atoms with Gasteiger partial charge in [-0.05, 0) is 137 Å². The molecule has 69 heavy (non-hydrogen) atoms. The number of methoxy groups -OCH3 is 2. The molecule has 10 atom stereocenters. The van der Waals surface area contributed by atoms with E-state index in [0.717, 1.165) is 103 Å². The summed E-state index contributed by atoms with van der Waals surface area (Å²) in [5.41, 5.74) is 5.86. The van der Waals surface area contributed by atoms with Gasteiger partial charge in [0.2, 0.25) is 11.8 Å². The maximum atomic E-state index is 14.6. The van der Waals surface area contributed by atoms with E-state index in [-0.39, 0.29) is 72.5 Å². The van der Waals surface area contributed by atoms with Crippen LogP contribution in [0.25, 0.3) is 33.6 Å². The van der Waals surface area contributed by atoms with Crippen molar-refractivity contribution in [2.24, 2.45) is 29.6 Å². The van der Waals surface area contributed by atoms with Gasteiger partial charge in [-0.15, -0.1) is 0 Å². The highest BCUT2D eigenvalue weighted by molar-refractivity contribution is 5.87. The molecule has 2 unspecified atom stereocenters. The molecule has 0 spiro atoms. The van der Waals surface area contributed by atoms with Gasteiger partial charge in [0.1, 0.15) is 17.7 Å². The molecule has 0 radical (unpaired) electrons. The number of rotatable bonds is 14. The van der Waals surface area contributed by atoms with Crippen molar-refractivity contribution in [3.05, 3.63) is 72.6 Å². The van der Waals surface area contributed by atoms with E-state index in [2.05, 4.69) is 83.0 Å². The smallest absolute Gasteiger partial charge is 0.407 e. The van der Waals surface area contributed by atoms with E-state index in [1.807, 2.05) is 22.2 Å². The zero-order chi connectivity index (χ0) is 47.8. The number of ether oxygens (including phenoxy) is 4. The second kappa shape index (κ2) is 20.3. The fraction of sp³-hybridized carbons (Fsp3) is 0.585. The van der Waals surface area contributed by atoms with E-state index < -0.39 is 18.2 Å². The van der Waals surface area contributed by atoms with Crippen molar-refractivity contribution in [3.63, 3.8) is 0 Å². The zero-order valence-corrected chi connectivity index (χ0v) is 40.4. The Balaban J connectivity index is 0.796. The second-order valence-electron chi connectivity index (χ2n) is 20.5. The molecule has 2 aromatic carbocycles. The molecule has 2 saturated carbocycles. The SMILES string of the molecule is COC(=O)NC[C@H](C(=O)N1[C@@H](C)CC[C@H]1c1ncc(-c2ccc(-c3ccc(-c4cnc(C5CC[C@H](C)N5C(=O)[C@@H](NC(=O)OC)[C@@H]5CCOC(C6CC6)C5)[nH]4)cc3)cc2)[nH]1)[C@@H]1CCO[C@@H](C2CC2)C1. The molecule has 6 heterocycles. The van der Waals surface area contributed by atoms with Crippen LogP contribution in [0.1, 0.15) is 115 Å². The normalized spacial score (nSPS) is 27.9. The van der Waals surface area contributed by atoms with Crippen molar-refractivity contribution in [3.8, 4) is 33.6 Å². The standard InChI is InChI=1S/C53H68N8O8/c1-30-5-19-43(60(30)50(62)40(27-56-52(64)66-3)38-21-23-68-45(25-38)36-15-16-36)48-54-28-41(57-48)34-11-7-32(8-12-34)33-9-13-35(14-10-33)42-29-55-49(58-42)44-20-6-31(2)61(44)51(63)47(59-53(65)67-4)39-22-24-69-46(26-39)37-17-18-37/h7-14,28-31,36-40,43-47H,5-6,15-27H2,1-4H3,(H,54,57)(H,55,58)(H,56,64)(H,59,65)/t30-,31-,38+,39+,40-,43-,44?,45+,46?,47-/m0/s1. The average molecular weight is 945 g/mol. The van der Waals surface area contributed by atoms with Gasteiger partial charge in [-0.3, -0.25) is 9.59 Å². The Hall–Kier alpha value is -5.74. The van der Waals surface area contributed by atoms with Crippen LogP contribution < -0.4 is 10.6 Å². The van der Waals surface area contributed by atoms with Crippen molar-refractivity contribution >= 4 is 24.0 Å². The minimum absolute atomic E-state index is 0.0142. The number of hydrogen-bond donors (Lipinski definition) is 4. The number of benzene rings is 2. The molecule has 4 saturated heterocycles. The Bertz CT molecular complexity index is 2450. The van der Waals surface area contributed by atoms with Crippen molar-refractivity contribution in [1.82, 2.24) is 40.4 Å². The zero-order valence-electron chi connectivity index (χ0n) is 40.4. The highest BCUT2D eigenvalue weighted by atomic mass is 16.5. The number of nitrogens with one attached hydrogen (secondary N) is 4. The fourth-order valence-electron chi connectivity index (χ4n) is 11.8. The lowest BCUT2D eigenvalue weighted by atomic mass is 9.81. The predicted molar refractivity (Wildman–Crippen MR) is 257 cm³/mol. The molecule has 368 valence electrons. The number of aromatic amines is 2. The van der Waals surface area contributed by atoms with Crippen LogP contribution >= 0.6 is 0 Å². The van der Waals surface area contributed by atoms with E-state index in [0.29, 0.717) is 31.5 Å². The first-order valence-electron chi connectivity index (χ1n) is 25.4. The first-order chi connectivity index (χ1) is 33.6. The molecule has 16 heteroatoms. The summed E-state index contributed by atoms with van der Waals surface area (Å²) in [5.74, 6) is 2.29. The summed E-state index contributed by atoms with van der Waals surface area (Å²) in [5, 5.41) is 5.77. The molecule has 10 rings (SSSR count). The molecule has 0 bridgehead atoms. The van der Waals surface area contributed by atoms with Crippen LogP contribution in [0.15, 0.2) is 60.9 Å². The largest absolute Gasteiger partial charge is 0.453 e. The number of aromatic nitrogens is 4. The van der Waals surface area contributed by atoms with Crippen LogP contribution in [0.3, 0.4) is 0 Å². The van der Waals surface area contributed by atoms with Crippen LogP contribution in [-0.2, 0) is 28.5 Å². The number of alkyl carbamates (subject to hydrolysis) is 2. The third-order valence-electron chi connectivity index (χ3n) is 16.1. The molecule has 6 aliphatic rings. The van der Waals surface area contributed by atoms with Gasteiger partial charge in [0, 0.05) is 31.8 Å². The van der Waals surface area contributed by atoms with E-state index in [9.17, 15) is 19.2 Å². The van der Waals surface area contributed by atoms with E-state index in [4.69, 9.17) is 28.9 Å². The third-order valence-corrected chi connectivity index (χ3v) is 16.1. The third kappa shape index (κ3) is 10.1. The highest BCUT2D eigenvalue weighted by Gasteiger charge is 2.47. The molecular formula is C53H68N8O8. The van der Waals surface area contributed by atoms with Crippen molar-refractivity contribution in [2.45, 2.75) is 133 Å². The van der Waals surface area contributed by atoms with Gasteiger partial charge in [-0.25, -0.2) is 19.6 Å². The number of imidazole rings is 2. The van der Waals surface area contributed by atoms with E-state index >= 15 is 0 Å². The molecule has 16 nitrogen and oxygen atoms in total. The number of hydrogen-bond acceptors (Lipinski definition) is 10. The summed E-state index contributed by atoms with van der Waals surface area (Å²) < 4.78 is 22.1. The van der Waals surface area contributed by atoms with Gasteiger partial charge in [-0.1, -0.05) is 48.5 Å². The number of likely N-dealkylation sites (tertiary alicyclic amines) is 2. The summed E-state index contributed by atoms with van der Waals surface area (Å²) in [7, 11) is 2.68. The Kier molecular flexibility index (Phi) is 13.8. The number of nitrogens with zero attached hydrogens (tertiary/aromatic N) is 4. The second-order valence-corrected chi connectivity index (χ2v) is 20.5. The summed E-state index contributed by atoms with van der Waals surface area (Å²) in [6, 6.07) is 15.6. The summed E-state index contributed by atoms with van der Waals surface area (Å²) >= 11 is 0. The van der Waals surface area contributed by atoms with Crippen LogP contribution in [0, 0.1) is 29.6 Å². The Morgan fingerprint density at radius 1 is 0.623 bits per heavy atom. The molecule has 2 aromatic heterocycles. The van der Waals surface area contributed by atoms with Gasteiger partial charge in [0.05, 0.1) is 68.2 Å². The summed E-state index contributed by atoms with van der Waals surface area (Å²) in [6.07, 6.45) is 13.9. The lowest BCUT2D eigenvalue weighted by Crippen LogP contribution is -2.55. The molecule has 2 aliphatic carbocycles. The molecular weight excluding hydrogens is 877 g/mol. The van der Waals surface area contributed by atoms with Crippen molar-refractivity contribution in [2.75, 3.05) is 34.0 Å². The quantitative estimate of drug-likeness (QED) is 0.0955. The average Bonchev–Trinajstić information content (AvgIpc) is 4.22. The monoisotopic (exact) mass is 945 g/mol. The van der Waals surface area contributed by atoms with Crippen LogP contribution in [0.5, 0.6) is 0 Å². The van der Waals surface area contributed by atoms with Gasteiger partial charge >= 0.3 is 12.2 Å². The summed E-state index contributed by atoms with van der Waals surface area (Å²) in [4.78, 5) is 74.7. The maximum Gasteiger partial charge on any atom is 0.407 e. The molecule has 4 amide bonds. The van der Waals surface area contributed by atoms with E-state index in [1.54, 1.807) is 0 Å². The number of carbonyl (C=O) groups excluding carboxylic acids is 4. The molecule has 4 N–H and O–H groups in total. The number of amides is 4. The number of H-pyrrole nitrogens is 2. The first-order valence-corrected chi connectivity index (χ1v) is 25.4. The van der Waals surface area contributed by atoms with Gasteiger partial charge in [0.15, 0.2) is 0 Å². The number of carbonyl (C=O) groups is 4. The fourth-order valence-corrected chi connectivity index (χ4v) is 11.8. The Morgan fingerprint density at radius 3 is 1.58 bits per heavy atom. The van der Waals surface area contributed by atoms with Gasteiger partial charge < -0.3 is 49.3 Å². The minimum atomic E-state index is -0.701. The molecule has 6 fully saturated rings. The lowest BCUT2D eigenvalue weighted by Gasteiger charge is -2.38. The van der Waals surface area contributed by atoms with Crippen molar-refractivity contribution in [1.29, 1.82) is 0 Å². The van der Waals surface area contributed by atoms with E-state index in [1.165, 1.54) is 27.1 Å². The first kappa shape index (κ1) is 47.0. The highest BCUT2D eigenvalue weighted by Crippen LogP contribution is 2.45. The topological polar surface area (TPSA) is 193 Å². The Labute approximate surface area is 404 Å². The van der Waals surface area contributed by atoms with Crippen molar-refractivity contribution < 1.29 is 38.1 Å². The van der Waals surface area contributed by atoms with Crippen LogP contribution in [0.2, 0.25) is 0 Å². The maximum absolute atomic E-state index is 14.6. The van der Waals surface area contributed by atoms with Crippen LogP contribution in [-0.4, -0.2) is 118 Å². The lowest BCUT2D eigenvalue weighted by molar-refractivity contribution is -0.143.